The van der Waals surface area contributed by atoms with Crippen LogP contribution in [0, 0.1) is 5.82 Å². The molecule has 3 aromatic rings. The SMILES string of the molecule is CCC(CC)NC(=O)Cn1cnc2c(cnn2-c2ccc(F)cc2)c1=O. The Hall–Kier alpha value is -3.03. The fourth-order valence-electron chi connectivity index (χ4n) is 2.75. The van der Waals surface area contributed by atoms with Crippen molar-refractivity contribution in [3.8, 4) is 5.69 Å². The van der Waals surface area contributed by atoms with Crippen LogP contribution in [0.15, 0.2) is 41.6 Å². The molecule has 0 radical (unpaired) electrons. The Labute approximate surface area is 149 Å². The average Bonchev–Trinajstić information content (AvgIpc) is 3.07. The molecule has 1 amide bonds. The fraction of sp³-hybridized carbons (Fsp3) is 0.333. The lowest BCUT2D eigenvalue weighted by Gasteiger charge is -2.15. The summed E-state index contributed by atoms with van der Waals surface area (Å²) < 4.78 is 15.8. The van der Waals surface area contributed by atoms with Crippen molar-refractivity contribution in [1.82, 2.24) is 24.6 Å². The van der Waals surface area contributed by atoms with Crippen LogP contribution in [0.1, 0.15) is 26.7 Å². The second-order valence-corrected chi connectivity index (χ2v) is 6.03. The first-order valence-electron chi connectivity index (χ1n) is 8.52. The third-order valence-electron chi connectivity index (χ3n) is 4.29. The van der Waals surface area contributed by atoms with E-state index in [0.29, 0.717) is 16.7 Å². The monoisotopic (exact) mass is 357 g/mol. The highest BCUT2D eigenvalue weighted by Gasteiger charge is 2.14. The summed E-state index contributed by atoms with van der Waals surface area (Å²) in [5.41, 5.74) is 0.610. The van der Waals surface area contributed by atoms with E-state index in [1.54, 1.807) is 12.1 Å². The third-order valence-corrected chi connectivity index (χ3v) is 4.29. The van der Waals surface area contributed by atoms with E-state index in [9.17, 15) is 14.0 Å². The largest absolute Gasteiger partial charge is 0.352 e. The number of carbonyl (C=O) groups excluding carboxylic acids is 1. The average molecular weight is 357 g/mol. The van der Waals surface area contributed by atoms with Crippen molar-refractivity contribution in [2.45, 2.75) is 39.3 Å². The number of hydrogen-bond donors (Lipinski definition) is 1. The van der Waals surface area contributed by atoms with Crippen molar-refractivity contribution in [3.63, 3.8) is 0 Å². The van der Waals surface area contributed by atoms with Crippen molar-refractivity contribution in [3.05, 3.63) is 53.0 Å². The minimum atomic E-state index is -0.357. The normalized spacial score (nSPS) is 11.2. The van der Waals surface area contributed by atoms with Gasteiger partial charge in [0.25, 0.3) is 5.56 Å². The molecule has 0 saturated heterocycles. The zero-order valence-electron chi connectivity index (χ0n) is 14.6. The molecule has 8 heteroatoms. The maximum atomic E-state index is 13.1. The van der Waals surface area contributed by atoms with Crippen molar-refractivity contribution in [2.75, 3.05) is 0 Å². The smallest absolute Gasteiger partial charge is 0.264 e. The minimum absolute atomic E-state index is 0.0936. The van der Waals surface area contributed by atoms with Gasteiger partial charge in [0.2, 0.25) is 5.91 Å². The summed E-state index contributed by atoms with van der Waals surface area (Å²) >= 11 is 0. The van der Waals surface area contributed by atoms with Gasteiger partial charge >= 0.3 is 0 Å². The van der Waals surface area contributed by atoms with E-state index in [-0.39, 0.29) is 29.9 Å². The molecule has 0 saturated carbocycles. The number of hydrogen-bond acceptors (Lipinski definition) is 4. The van der Waals surface area contributed by atoms with Gasteiger partial charge in [-0.05, 0) is 37.1 Å². The molecular formula is C18H20FN5O2. The first kappa shape index (κ1) is 17.8. The number of halogens is 1. The third kappa shape index (κ3) is 3.49. The summed E-state index contributed by atoms with van der Waals surface area (Å²) in [4.78, 5) is 29.0. The molecule has 1 aromatic carbocycles. The Balaban J connectivity index is 1.89. The molecule has 0 aliphatic carbocycles. The van der Waals surface area contributed by atoms with E-state index >= 15 is 0 Å². The molecule has 2 heterocycles. The predicted octanol–water partition coefficient (Wildman–Crippen LogP) is 2.03. The lowest BCUT2D eigenvalue weighted by Crippen LogP contribution is -2.38. The van der Waals surface area contributed by atoms with Crippen LogP contribution < -0.4 is 10.9 Å². The highest BCUT2D eigenvalue weighted by Crippen LogP contribution is 2.14. The van der Waals surface area contributed by atoms with Crippen molar-refractivity contribution < 1.29 is 9.18 Å². The summed E-state index contributed by atoms with van der Waals surface area (Å²) in [6, 6.07) is 5.82. The number of aromatic nitrogens is 4. The molecule has 7 nitrogen and oxygen atoms in total. The molecule has 0 bridgehead atoms. The van der Waals surface area contributed by atoms with E-state index in [2.05, 4.69) is 15.4 Å². The highest BCUT2D eigenvalue weighted by molar-refractivity contribution is 5.78. The van der Waals surface area contributed by atoms with Crippen molar-refractivity contribution in [1.29, 1.82) is 0 Å². The molecule has 3 rings (SSSR count). The number of rotatable bonds is 6. The molecule has 0 atom stereocenters. The van der Waals surface area contributed by atoms with E-state index < -0.39 is 0 Å². The van der Waals surface area contributed by atoms with E-state index in [1.165, 1.54) is 33.9 Å². The quantitative estimate of drug-likeness (QED) is 0.732. The van der Waals surface area contributed by atoms with Gasteiger partial charge in [-0.25, -0.2) is 14.1 Å². The number of benzene rings is 1. The molecule has 0 spiro atoms. The van der Waals surface area contributed by atoms with Crippen LogP contribution in [-0.4, -0.2) is 31.3 Å². The minimum Gasteiger partial charge on any atom is -0.352 e. The Bertz CT molecular complexity index is 973. The Morgan fingerprint density at radius 3 is 2.58 bits per heavy atom. The second kappa shape index (κ2) is 7.47. The molecular weight excluding hydrogens is 337 g/mol. The first-order chi connectivity index (χ1) is 12.5. The molecule has 1 N–H and O–H groups in total. The predicted molar refractivity (Wildman–Crippen MR) is 95.6 cm³/mol. The van der Waals surface area contributed by atoms with Crippen molar-refractivity contribution in [2.24, 2.45) is 0 Å². The summed E-state index contributed by atoms with van der Waals surface area (Å²) in [6.07, 6.45) is 4.40. The molecule has 0 unspecified atom stereocenters. The summed E-state index contributed by atoms with van der Waals surface area (Å²) in [7, 11) is 0. The van der Waals surface area contributed by atoms with E-state index in [1.807, 2.05) is 13.8 Å². The number of nitrogens with one attached hydrogen (secondary N) is 1. The molecule has 2 aromatic heterocycles. The second-order valence-electron chi connectivity index (χ2n) is 6.03. The maximum Gasteiger partial charge on any atom is 0.264 e. The van der Waals surface area contributed by atoms with E-state index in [0.717, 1.165) is 12.8 Å². The zero-order valence-corrected chi connectivity index (χ0v) is 14.6. The van der Waals surface area contributed by atoms with Gasteiger partial charge in [0.05, 0.1) is 11.9 Å². The van der Waals surface area contributed by atoms with Gasteiger partial charge in [-0.2, -0.15) is 5.10 Å². The summed E-state index contributed by atoms with van der Waals surface area (Å²) in [6.45, 7) is 3.90. The van der Waals surface area contributed by atoms with Gasteiger partial charge in [0.15, 0.2) is 5.65 Å². The standard InChI is InChI=1S/C18H20FN5O2/c1-3-13(4-2)22-16(25)10-23-11-20-17-15(18(23)26)9-21-24(17)14-7-5-12(19)6-8-14/h5-9,11,13H,3-4,10H2,1-2H3,(H,22,25). The van der Waals surface area contributed by atoms with Gasteiger partial charge in [0, 0.05) is 6.04 Å². The van der Waals surface area contributed by atoms with Crippen LogP contribution in [0.5, 0.6) is 0 Å². The van der Waals surface area contributed by atoms with E-state index in [4.69, 9.17) is 0 Å². The summed E-state index contributed by atoms with van der Waals surface area (Å²) in [5.74, 6) is -0.586. The molecule has 26 heavy (non-hydrogen) atoms. The lowest BCUT2D eigenvalue weighted by atomic mass is 10.2. The number of amides is 1. The highest BCUT2D eigenvalue weighted by atomic mass is 19.1. The summed E-state index contributed by atoms with van der Waals surface area (Å²) in [5, 5.41) is 7.36. The van der Waals surface area contributed by atoms with Crippen LogP contribution in [0.4, 0.5) is 4.39 Å². The topological polar surface area (TPSA) is 81.8 Å². The van der Waals surface area contributed by atoms with Crippen LogP contribution in [0.3, 0.4) is 0 Å². The number of carbonyl (C=O) groups is 1. The van der Waals surface area contributed by atoms with Crippen LogP contribution >= 0.6 is 0 Å². The van der Waals surface area contributed by atoms with Gasteiger partial charge in [-0.1, -0.05) is 13.8 Å². The first-order valence-corrected chi connectivity index (χ1v) is 8.52. The van der Waals surface area contributed by atoms with Gasteiger partial charge in [-0.3, -0.25) is 14.2 Å². The Morgan fingerprint density at radius 1 is 1.23 bits per heavy atom. The molecule has 0 fully saturated rings. The lowest BCUT2D eigenvalue weighted by molar-refractivity contribution is -0.122. The fourth-order valence-corrected chi connectivity index (χ4v) is 2.75. The van der Waals surface area contributed by atoms with Gasteiger partial charge < -0.3 is 5.32 Å². The van der Waals surface area contributed by atoms with Crippen LogP contribution in [-0.2, 0) is 11.3 Å². The Morgan fingerprint density at radius 2 is 1.92 bits per heavy atom. The number of fused-ring (bicyclic) bond motifs is 1. The molecule has 0 aliphatic rings. The van der Waals surface area contributed by atoms with Crippen molar-refractivity contribution >= 4 is 16.9 Å². The van der Waals surface area contributed by atoms with Crippen LogP contribution in [0.2, 0.25) is 0 Å². The zero-order chi connectivity index (χ0) is 18.7. The Kier molecular flexibility index (Phi) is 5.11. The van der Waals surface area contributed by atoms with Gasteiger partial charge in [-0.15, -0.1) is 0 Å². The molecule has 136 valence electrons. The number of nitrogens with zero attached hydrogens (tertiary/aromatic N) is 4. The molecule has 0 aliphatic heterocycles. The van der Waals surface area contributed by atoms with Gasteiger partial charge in [0.1, 0.15) is 24.1 Å². The van der Waals surface area contributed by atoms with Crippen LogP contribution in [0.25, 0.3) is 16.7 Å². The maximum absolute atomic E-state index is 13.1.